The topological polar surface area (TPSA) is 86.8 Å². The minimum Gasteiger partial charge on any atom is -0.354 e. The Hall–Kier alpha value is -2.58. The second-order valence-corrected chi connectivity index (χ2v) is 11.1. The van der Waals surface area contributed by atoms with E-state index in [1.54, 1.807) is 37.3 Å². The van der Waals surface area contributed by atoms with Gasteiger partial charge in [0, 0.05) is 18.1 Å². The van der Waals surface area contributed by atoms with Crippen LogP contribution in [0, 0.1) is 13.8 Å². The molecule has 1 N–H and O–H groups in total. The van der Waals surface area contributed by atoms with Crippen LogP contribution >= 0.6 is 11.6 Å². The Morgan fingerprint density at radius 3 is 2.29 bits per heavy atom. The van der Waals surface area contributed by atoms with E-state index in [0.29, 0.717) is 23.7 Å². The predicted molar refractivity (Wildman–Crippen MR) is 142 cm³/mol. The average Bonchev–Trinajstić information content (AvgIpc) is 2.79. The average molecular weight is 522 g/mol. The Morgan fingerprint density at radius 1 is 1.06 bits per heavy atom. The maximum atomic E-state index is 13.7. The van der Waals surface area contributed by atoms with E-state index in [9.17, 15) is 18.0 Å². The van der Waals surface area contributed by atoms with Crippen LogP contribution in [0.4, 0.5) is 5.69 Å². The maximum Gasteiger partial charge on any atom is 0.244 e. The highest BCUT2D eigenvalue weighted by molar-refractivity contribution is 7.92. The first-order chi connectivity index (χ1) is 16.5. The van der Waals surface area contributed by atoms with Gasteiger partial charge in [0.15, 0.2) is 0 Å². The molecule has 2 amide bonds. The van der Waals surface area contributed by atoms with Gasteiger partial charge in [-0.2, -0.15) is 0 Å². The van der Waals surface area contributed by atoms with E-state index in [1.165, 1.54) is 4.90 Å². The summed E-state index contributed by atoms with van der Waals surface area (Å²) >= 11 is 6.02. The lowest BCUT2D eigenvalue weighted by atomic mass is 10.1. The SMILES string of the molecule is CCCCNC(=O)[C@@H](CC)N(Cc1ccc(Cl)cc1)C(=O)CN(c1cc(C)ccc1C)S(C)(=O)=O. The molecule has 0 radical (unpaired) electrons. The lowest BCUT2D eigenvalue weighted by molar-refractivity contribution is -0.140. The van der Waals surface area contributed by atoms with Crippen LogP contribution in [0.2, 0.25) is 5.02 Å². The van der Waals surface area contributed by atoms with Gasteiger partial charge in [-0.15, -0.1) is 0 Å². The van der Waals surface area contributed by atoms with Crippen LogP contribution in [0.5, 0.6) is 0 Å². The third-order valence-electron chi connectivity index (χ3n) is 5.79. The van der Waals surface area contributed by atoms with Crippen molar-refractivity contribution in [2.24, 2.45) is 0 Å². The second kappa shape index (κ2) is 12.9. The number of anilines is 1. The minimum atomic E-state index is -3.77. The van der Waals surface area contributed by atoms with Crippen molar-refractivity contribution in [3.63, 3.8) is 0 Å². The number of hydrogen-bond donors (Lipinski definition) is 1. The number of amides is 2. The molecular weight excluding hydrogens is 486 g/mol. The van der Waals surface area contributed by atoms with Crippen LogP contribution in [0.1, 0.15) is 49.8 Å². The van der Waals surface area contributed by atoms with E-state index in [-0.39, 0.29) is 12.5 Å². The fourth-order valence-corrected chi connectivity index (χ4v) is 4.82. The van der Waals surface area contributed by atoms with Crippen LogP contribution in [0.3, 0.4) is 0 Å². The van der Waals surface area contributed by atoms with Crippen molar-refractivity contribution in [1.82, 2.24) is 10.2 Å². The van der Waals surface area contributed by atoms with Crippen molar-refractivity contribution >= 4 is 39.1 Å². The summed E-state index contributed by atoms with van der Waals surface area (Å²) in [7, 11) is -3.77. The van der Waals surface area contributed by atoms with Crippen LogP contribution in [-0.2, 0) is 26.2 Å². The molecule has 0 fully saturated rings. The molecular formula is C26H36ClN3O4S. The smallest absolute Gasteiger partial charge is 0.244 e. The first-order valence-electron chi connectivity index (χ1n) is 11.8. The minimum absolute atomic E-state index is 0.153. The number of rotatable bonds is 12. The third kappa shape index (κ3) is 8.25. The normalized spacial score (nSPS) is 12.2. The van der Waals surface area contributed by atoms with Gasteiger partial charge >= 0.3 is 0 Å². The summed E-state index contributed by atoms with van der Waals surface area (Å²) in [4.78, 5) is 28.2. The van der Waals surface area contributed by atoms with Gasteiger partial charge in [0.1, 0.15) is 12.6 Å². The molecule has 0 bridgehead atoms. The fourth-order valence-electron chi connectivity index (χ4n) is 3.80. The monoisotopic (exact) mass is 521 g/mol. The molecule has 9 heteroatoms. The van der Waals surface area contributed by atoms with E-state index < -0.39 is 28.5 Å². The van der Waals surface area contributed by atoms with Gasteiger partial charge in [0.25, 0.3) is 0 Å². The zero-order valence-corrected chi connectivity index (χ0v) is 22.7. The Morgan fingerprint density at radius 2 is 1.71 bits per heavy atom. The van der Waals surface area contributed by atoms with Crippen LogP contribution in [0.15, 0.2) is 42.5 Å². The van der Waals surface area contributed by atoms with Crippen LogP contribution in [-0.4, -0.2) is 50.5 Å². The number of benzene rings is 2. The number of nitrogens with one attached hydrogen (secondary N) is 1. The molecule has 0 unspecified atom stereocenters. The van der Waals surface area contributed by atoms with E-state index in [4.69, 9.17) is 11.6 Å². The molecule has 0 aliphatic rings. The lowest BCUT2D eigenvalue weighted by Crippen LogP contribution is -2.52. The predicted octanol–water partition coefficient (Wildman–Crippen LogP) is 4.45. The van der Waals surface area contributed by atoms with Crippen LogP contribution in [0.25, 0.3) is 0 Å². The van der Waals surface area contributed by atoms with Gasteiger partial charge in [-0.25, -0.2) is 8.42 Å². The molecule has 2 rings (SSSR count). The molecule has 0 aliphatic carbocycles. The molecule has 2 aromatic carbocycles. The molecule has 0 saturated carbocycles. The maximum absolute atomic E-state index is 13.7. The lowest BCUT2D eigenvalue weighted by Gasteiger charge is -2.33. The summed E-state index contributed by atoms with van der Waals surface area (Å²) in [5.41, 5.74) is 2.86. The standard InChI is InChI=1S/C26H36ClN3O4S/c1-6-8-15-28-26(32)23(7-2)29(17-21-11-13-22(27)14-12-21)25(31)18-30(35(5,33)34)24-16-19(3)9-10-20(24)4/h9-14,16,23H,6-8,15,17-18H2,1-5H3,(H,28,32)/t23-/m1/s1. The Kier molecular flexibility index (Phi) is 10.6. The van der Waals surface area contributed by atoms with Gasteiger partial charge < -0.3 is 10.2 Å². The molecule has 7 nitrogen and oxygen atoms in total. The third-order valence-corrected chi connectivity index (χ3v) is 7.17. The number of carbonyl (C=O) groups excluding carboxylic acids is 2. The van der Waals surface area contributed by atoms with Crippen molar-refractivity contribution in [3.05, 3.63) is 64.2 Å². The molecule has 0 heterocycles. The highest BCUT2D eigenvalue weighted by Crippen LogP contribution is 2.25. The number of halogens is 1. The molecule has 2 aromatic rings. The second-order valence-electron chi connectivity index (χ2n) is 8.78. The summed E-state index contributed by atoms with van der Waals surface area (Å²) in [6.07, 6.45) is 3.24. The molecule has 0 saturated heterocycles. The van der Waals surface area contributed by atoms with E-state index in [2.05, 4.69) is 5.32 Å². The van der Waals surface area contributed by atoms with E-state index in [0.717, 1.165) is 40.1 Å². The number of unbranched alkanes of at least 4 members (excludes halogenated alkanes) is 1. The zero-order chi connectivity index (χ0) is 26.2. The van der Waals surface area contributed by atoms with Crippen molar-refractivity contribution < 1.29 is 18.0 Å². The number of carbonyl (C=O) groups is 2. The number of hydrogen-bond acceptors (Lipinski definition) is 4. The molecule has 192 valence electrons. The zero-order valence-electron chi connectivity index (χ0n) is 21.2. The fraction of sp³-hybridized carbons (Fsp3) is 0.462. The Bertz CT molecular complexity index is 1120. The molecule has 35 heavy (non-hydrogen) atoms. The van der Waals surface area contributed by atoms with Crippen molar-refractivity contribution in [2.75, 3.05) is 23.7 Å². The van der Waals surface area contributed by atoms with E-state index >= 15 is 0 Å². The largest absolute Gasteiger partial charge is 0.354 e. The first-order valence-corrected chi connectivity index (χ1v) is 14.1. The first kappa shape index (κ1) is 28.7. The quantitative estimate of drug-likeness (QED) is 0.418. The summed E-state index contributed by atoms with van der Waals surface area (Å²) < 4.78 is 26.6. The van der Waals surface area contributed by atoms with Gasteiger partial charge in [-0.3, -0.25) is 13.9 Å². The van der Waals surface area contributed by atoms with Gasteiger partial charge in [-0.1, -0.05) is 56.1 Å². The Labute approximate surface area is 214 Å². The summed E-state index contributed by atoms with van der Waals surface area (Å²) in [5, 5.41) is 3.47. The molecule has 0 aliphatic heterocycles. The summed E-state index contributed by atoms with van der Waals surface area (Å²) in [5.74, 6) is -0.704. The summed E-state index contributed by atoms with van der Waals surface area (Å²) in [6, 6.07) is 11.8. The van der Waals surface area contributed by atoms with Crippen molar-refractivity contribution in [1.29, 1.82) is 0 Å². The van der Waals surface area contributed by atoms with Gasteiger partial charge in [-0.05, 0) is 61.6 Å². The highest BCUT2D eigenvalue weighted by Gasteiger charge is 2.32. The number of sulfonamides is 1. The highest BCUT2D eigenvalue weighted by atomic mass is 35.5. The number of nitrogens with zero attached hydrogens (tertiary/aromatic N) is 2. The van der Waals surface area contributed by atoms with Crippen molar-refractivity contribution in [2.45, 2.75) is 59.5 Å². The molecule has 0 aromatic heterocycles. The molecule has 1 atom stereocenters. The van der Waals surface area contributed by atoms with Gasteiger partial charge in [0.2, 0.25) is 21.8 Å². The summed E-state index contributed by atoms with van der Waals surface area (Å²) in [6.45, 7) is 7.81. The number of aryl methyl sites for hydroxylation is 2. The van der Waals surface area contributed by atoms with Crippen molar-refractivity contribution in [3.8, 4) is 0 Å². The van der Waals surface area contributed by atoms with Gasteiger partial charge in [0.05, 0.1) is 11.9 Å². The van der Waals surface area contributed by atoms with Crippen LogP contribution < -0.4 is 9.62 Å². The Balaban J connectivity index is 2.43. The van der Waals surface area contributed by atoms with E-state index in [1.807, 2.05) is 32.9 Å². The molecule has 0 spiro atoms.